The molecule has 0 radical (unpaired) electrons. The lowest BCUT2D eigenvalue weighted by Crippen LogP contribution is -2.47. The monoisotopic (exact) mass is 523 g/mol. The Bertz CT molecular complexity index is 1530. The molecule has 0 spiro atoms. The number of nitrogens with zero attached hydrogens (tertiary/aromatic N) is 5. The van der Waals surface area contributed by atoms with Crippen LogP contribution in [0.2, 0.25) is 0 Å². The van der Waals surface area contributed by atoms with Crippen molar-refractivity contribution in [3.8, 4) is 11.4 Å². The van der Waals surface area contributed by atoms with Gasteiger partial charge in [0, 0.05) is 49.5 Å². The Balaban J connectivity index is 1.00. The molecule has 39 heavy (non-hydrogen) atoms. The van der Waals surface area contributed by atoms with Gasteiger partial charge in [0.05, 0.1) is 23.5 Å². The third-order valence-electron chi connectivity index (χ3n) is 8.15. The van der Waals surface area contributed by atoms with Gasteiger partial charge in [0.25, 0.3) is 0 Å². The number of aromatic nitrogens is 3. The number of benzene rings is 2. The predicted octanol–water partition coefficient (Wildman–Crippen LogP) is 4.55. The minimum absolute atomic E-state index is 0.315. The van der Waals surface area contributed by atoms with Gasteiger partial charge >= 0.3 is 5.97 Å². The fourth-order valence-electron chi connectivity index (χ4n) is 5.71. The van der Waals surface area contributed by atoms with Crippen molar-refractivity contribution in [1.29, 1.82) is 0 Å². The van der Waals surface area contributed by atoms with Gasteiger partial charge in [-0.3, -0.25) is 14.5 Å². The number of hydrogen-bond acceptors (Lipinski definition) is 7. The molecule has 2 aliphatic heterocycles. The van der Waals surface area contributed by atoms with E-state index in [-0.39, 0.29) is 5.97 Å². The molecule has 1 aliphatic carbocycles. The van der Waals surface area contributed by atoms with Gasteiger partial charge in [0.1, 0.15) is 18.7 Å². The molecule has 0 atom stereocenters. The Kier molecular flexibility index (Phi) is 6.19. The quantitative estimate of drug-likeness (QED) is 0.329. The van der Waals surface area contributed by atoms with Gasteiger partial charge in [-0.05, 0) is 68.0 Å². The summed E-state index contributed by atoms with van der Waals surface area (Å²) in [5.74, 6) is 1.06. The minimum atomic E-state index is -0.354. The van der Waals surface area contributed by atoms with Crippen LogP contribution in [0.5, 0.6) is 5.75 Å². The summed E-state index contributed by atoms with van der Waals surface area (Å²) in [7, 11) is 0. The van der Waals surface area contributed by atoms with Crippen LogP contribution in [0, 0.1) is 12.8 Å². The molecule has 0 unspecified atom stereocenters. The summed E-state index contributed by atoms with van der Waals surface area (Å²) in [5.41, 5.74) is 6.63. The van der Waals surface area contributed by atoms with Crippen molar-refractivity contribution < 1.29 is 14.3 Å². The third kappa shape index (κ3) is 4.74. The maximum absolute atomic E-state index is 12.6. The highest BCUT2D eigenvalue weighted by Gasteiger charge is 2.29. The second-order valence-electron chi connectivity index (χ2n) is 10.9. The van der Waals surface area contributed by atoms with Crippen molar-refractivity contribution in [3.05, 3.63) is 77.5 Å². The van der Waals surface area contributed by atoms with Crippen LogP contribution in [0.1, 0.15) is 40.3 Å². The second-order valence-corrected chi connectivity index (χ2v) is 10.9. The molecule has 0 N–H and O–H groups in total. The number of pyridine rings is 1. The number of imidazole rings is 1. The SMILES string of the molecule is Cc1ccc2c(N3CCN(CCc4cccc5c4OCc4c(C(=O)OCC6CC6)ncn4-5)CC3)cccc2n1. The van der Waals surface area contributed by atoms with Gasteiger partial charge in [-0.1, -0.05) is 18.2 Å². The maximum atomic E-state index is 12.6. The molecule has 0 amide bonds. The van der Waals surface area contributed by atoms with E-state index in [9.17, 15) is 4.79 Å². The number of anilines is 1. The number of esters is 1. The van der Waals surface area contributed by atoms with E-state index in [2.05, 4.69) is 57.2 Å². The molecule has 3 aliphatic rings. The number of fused-ring (bicyclic) bond motifs is 4. The second kappa shape index (κ2) is 10.0. The number of rotatable bonds is 7. The van der Waals surface area contributed by atoms with E-state index in [1.807, 2.05) is 17.6 Å². The average Bonchev–Trinajstić information content (AvgIpc) is 3.70. The lowest BCUT2D eigenvalue weighted by Gasteiger charge is -2.36. The molecule has 7 rings (SSSR count). The van der Waals surface area contributed by atoms with Crippen LogP contribution in [-0.4, -0.2) is 64.7 Å². The summed E-state index contributed by atoms with van der Waals surface area (Å²) in [5, 5.41) is 1.22. The summed E-state index contributed by atoms with van der Waals surface area (Å²) >= 11 is 0. The van der Waals surface area contributed by atoms with E-state index in [0.29, 0.717) is 24.8 Å². The smallest absolute Gasteiger partial charge is 0.358 e. The van der Waals surface area contributed by atoms with E-state index >= 15 is 0 Å². The molecular formula is C31H33N5O3. The van der Waals surface area contributed by atoms with Gasteiger partial charge in [0.15, 0.2) is 5.69 Å². The van der Waals surface area contributed by atoms with Crippen molar-refractivity contribution >= 4 is 22.6 Å². The largest absolute Gasteiger partial charge is 0.485 e. The van der Waals surface area contributed by atoms with Gasteiger partial charge in [0.2, 0.25) is 0 Å². The average molecular weight is 524 g/mol. The zero-order chi connectivity index (χ0) is 26.3. The number of para-hydroxylation sites is 1. The molecule has 200 valence electrons. The standard InChI is InChI=1S/C31H33N5O3/c1-21-8-11-24-25(33-21)5-3-6-26(24)35-16-14-34(15-17-35)13-12-23-4-2-7-27-30(23)38-19-28-29(32-20-36(27)28)31(37)39-18-22-9-10-22/h2-8,11,20,22H,9-10,12-19H2,1H3. The number of carbonyl (C=O) groups excluding carboxylic acids is 1. The fourth-order valence-corrected chi connectivity index (χ4v) is 5.71. The zero-order valence-corrected chi connectivity index (χ0v) is 22.3. The summed E-state index contributed by atoms with van der Waals surface area (Å²) in [6, 6.07) is 17.0. The Morgan fingerprint density at radius 3 is 2.69 bits per heavy atom. The molecule has 8 heteroatoms. The number of carbonyl (C=O) groups is 1. The number of piperazine rings is 1. The summed E-state index contributed by atoms with van der Waals surface area (Å²) < 4.78 is 13.7. The Labute approximate surface area is 228 Å². The first-order chi connectivity index (χ1) is 19.1. The predicted molar refractivity (Wildman–Crippen MR) is 150 cm³/mol. The lowest BCUT2D eigenvalue weighted by atomic mass is 10.1. The fraction of sp³-hybridized carbons (Fsp3) is 0.387. The highest BCUT2D eigenvalue weighted by Crippen LogP contribution is 2.35. The summed E-state index contributed by atoms with van der Waals surface area (Å²) in [6.45, 7) is 7.84. The van der Waals surface area contributed by atoms with Gasteiger partial charge in [-0.2, -0.15) is 0 Å². The third-order valence-corrected chi connectivity index (χ3v) is 8.15. The zero-order valence-electron chi connectivity index (χ0n) is 22.3. The maximum Gasteiger partial charge on any atom is 0.358 e. The van der Waals surface area contributed by atoms with E-state index in [1.165, 1.54) is 16.6 Å². The first-order valence-electron chi connectivity index (χ1n) is 14.0. The van der Waals surface area contributed by atoms with Gasteiger partial charge in [-0.15, -0.1) is 0 Å². The number of aryl methyl sites for hydroxylation is 1. The van der Waals surface area contributed by atoms with Crippen LogP contribution >= 0.6 is 0 Å². The van der Waals surface area contributed by atoms with E-state index < -0.39 is 0 Å². The Hall–Kier alpha value is -3.91. The Morgan fingerprint density at radius 2 is 1.85 bits per heavy atom. The Morgan fingerprint density at radius 1 is 1.03 bits per heavy atom. The van der Waals surface area contributed by atoms with Crippen LogP contribution in [0.15, 0.2) is 54.9 Å². The molecule has 8 nitrogen and oxygen atoms in total. The highest BCUT2D eigenvalue weighted by molar-refractivity contribution is 5.92. The highest BCUT2D eigenvalue weighted by atomic mass is 16.5. The first kappa shape index (κ1) is 24.2. The summed E-state index contributed by atoms with van der Waals surface area (Å²) in [4.78, 5) is 26.7. The normalized spacial score (nSPS) is 17.0. The van der Waals surface area contributed by atoms with Crippen molar-refractivity contribution in [3.63, 3.8) is 0 Å². The van der Waals surface area contributed by atoms with Crippen LogP contribution < -0.4 is 9.64 Å². The van der Waals surface area contributed by atoms with Crippen LogP contribution in [0.4, 0.5) is 5.69 Å². The van der Waals surface area contributed by atoms with Gasteiger partial charge in [-0.25, -0.2) is 9.78 Å². The van der Waals surface area contributed by atoms with Crippen molar-refractivity contribution in [2.75, 3.05) is 44.2 Å². The van der Waals surface area contributed by atoms with E-state index in [1.54, 1.807) is 6.33 Å². The van der Waals surface area contributed by atoms with Crippen molar-refractivity contribution in [2.45, 2.75) is 32.8 Å². The van der Waals surface area contributed by atoms with Crippen LogP contribution in [0.25, 0.3) is 16.6 Å². The molecule has 0 bridgehead atoms. The molecule has 2 aromatic carbocycles. The molecule has 4 aromatic rings. The molecule has 4 heterocycles. The number of hydrogen-bond donors (Lipinski definition) is 0. The minimum Gasteiger partial charge on any atom is -0.485 e. The topological polar surface area (TPSA) is 72.7 Å². The molecular weight excluding hydrogens is 490 g/mol. The first-order valence-corrected chi connectivity index (χ1v) is 14.0. The molecule has 1 saturated carbocycles. The number of ether oxygens (including phenoxy) is 2. The molecule has 2 aromatic heterocycles. The van der Waals surface area contributed by atoms with E-state index in [0.717, 1.165) is 80.3 Å². The molecule has 2 fully saturated rings. The van der Waals surface area contributed by atoms with E-state index in [4.69, 9.17) is 14.5 Å². The lowest BCUT2D eigenvalue weighted by molar-refractivity contribution is 0.0476. The van der Waals surface area contributed by atoms with Crippen LogP contribution in [-0.2, 0) is 17.8 Å². The van der Waals surface area contributed by atoms with Gasteiger partial charge < -0.3 is 14.4 Å². The van der Waals surface area contributed by atoms with Crippen LogP contribution in [0.3, 0.4) is 0 Å². The van der Waals surface area contributed by atoms with Crippen molar-refractivity contribution in [1.82, 2.24) is 19.4 Å². The molecule has 1 saturated heterocycles. The summed E-state index contributed by atoms with van der Waals surface area (Å²) in [6.07, 6.45) is 4.91. The van der Waals surface area contributed by atoms with Crippen molar-refractivity contribution in [2.24, 2.45) is 5.92 Å².